The first kappa shape index (κ1) is 11.7. The molecule has 0 aliphatic rings. The number of aromatic nitrogens is 1. The van der Waals surface area contributed by atoms with Crippen LogP contribution in [0.1, 0.15) is 15.9 Å². The van der Waals surface area contributed by atoms with Crippen LogP contribution in [-0.2, 0) is 0 Å². The van der Waals surface area contributed by atoms with Gasteiger partial charge in [-0.25, -0.2) is 9.37 Å². The molecule has 0 saturated carbocycles. The molecule has 1 aromatic heterocycles. The van der Waals surface area contributed by atoms with Crippen LogP contribution in [0.15, 0.2) is 42.6 Å². The molecular formula is C13H8FN3O. The Morgan fingerprint density at radius 3 is 2.50 bits per heavy atom. The van der Waals surface area contributed by atoms with Gasteiger partial charge in [-0.1, -0.05) is 0 Å². The zero-order valence-electron chi connectivity index (χ0n) is 9.22. The number of benzene rings is 1. The number of amides is 1. The Morgan fingerprint density at radius 1 is 1.22 bits per heavy atom. The first-order chi connectivity index (χ1) is 8.69. The van der Waals surface area contributed by atoms with Gasteiger partial charge in [0.2, 0.25) is 0 Å². The van der Waals surface area contributed by atoms with E-state index in [0.29, 0.717) is 11.1 Å². The maximum Gasteiger partial charge on any atom is 0.256 e. The topological polar surface area (TPSA) is 65.8 Å². The van der Waals surface area contributed by atoms with Crippen LogP contribution < -0.4 is 5.32 Å². The van der Waals surface area contributed by atoms with E-state index in [1.165, 1.54) is 24.3 Å². The molecule has 0 saturated heterocycles. The van der Waals surface area contributed by atoms with Crippen LogP contribution >= 0.6 is 0 Å². The second kappa shape index (κ2) is 5.06. The highest BCUT2D eigenvalue weighted by molar-refractivity contribution is 6.03. The molecule has 1 aromatic carbocycles. The zero-order chi connectivity index (χ0) is 13.0. The fraction of sp³-hybridized carbons (Fsp3) is 0. The molecule has 0 aliphatic heterocycles. The number of nitriles is 1. The molecule has 18 heavy (non-hydrogen) atoms. The van der Waals surface area contributed by atoms with Crippen LogP contribution in [0.4, 0.5) is 10.2 Å². The summed E-state index contributed by atoms with van der Waals surface area (Å²) in [6, 6.07) is 10.7. The largest absolute Gasteiger partial charge is 0.307 e. The lowest BCUT2D eigenvalue weighted by Gasteiger charge is -2.03. The third kappa shape index (κ3) is 2.68. The highest BCUT2D eigenvalue weighted by Gasteiger charge is 2.06. The van der Waals surface area contributed by atoms with Gasteiger partial charge in [0.25, 0.3) is 5.91 Å². The lowest BCUT2D eigenvalue weighted by atomic mass is 10.1. The molecule has 0 fully saturated rings. The maximum atomic E-state index is 12.6. The Labute approximate surface area is 103 Å². The minimum atomic E-state index is -0.466. The van der Waals surface area contributed by atoms with Crippen LogP contribution in [0.5, 0.6) is 0 Å². The summed E-state index contributed by atoms with van der Waals surface area (Å²) >= 11 is 0. The van der Waals surface area contributed by atoms with Crippen molar-refractivity contribution >= 4 is 11.7 Å². The predicted molar refractivity (Wildman–Crippen MR) is 63.3 cm³/mol. The van der Waals surface area contributed by atoms with Gasteiger partial charge in [-0.15, -0.1) is 0 Å². The molecule has 2 aromatic rings. The van der Waals surface area contributed by atoms with Crippen LogP contribution in [0.25, 0.3) is 0 Å². The molecule has 0 radical (unpaired) electrons. The van der Waals surface area contributed by atoms with Crippen molar-refractivity contribution in [3.05, 3.63) is 59.5 Å². The second-order valence-electron chi connectivity index (χ2n) is 3.50. The van der Waals surface area contributed by atoms with Gasteiger partial charge in [0.15, 0.2) is 0 Å². The fourth-order valence-electron chi connectivity index (χ4n) is 1.33. The van der Waals surface area contributed by atoms with E-state index in [1.54, 1.807) is 12.1 Å². The predicted octanol–water partition coefficient (Wildman–Crippen LogP) is 2.34. The Kier molecular flexibility index (Phi) is 3.30. The van der Waals surface area contributed by atoms with Crippen LogP contribution in [-0.4, -0.2) is 10.9 Å². The first-order valence-corrected chi connectivity index (χ1v) is 5.12. The summed E-state index contributed by atoms with van der Waals surface area (Å²) in [4.78, 5) is 15.5. The number of hydrogen-bond donors (Lipinski definition) is 1. The van der Waals surface area contributed by atoms with E-state index >= 15 is 0 Å². The molecule has 4 nitrogen and oxygen atoms in total. The normalized spacial score (nSPS) is 9.56. The Balaban J connectivity index is 2.12. The summed E-state index contributed by atoms with van der Waals surface area (Å²) in [6.07, 6.45) is 1.02. The van der Waals surface area contributed by atoms with Crippen molar-refractivity contribution in [1.82, 2.24) is 4.98 Å². The van der Waals surface area contributed by atoms with Crippen molar-refractivity contribution < 1.29 is 9.18 Å². The monoisotopic (exact) mass is 241 g/mol. The van der Waals surface area contributed by atoms with E-state index in [4.69, 9.17) is 5.26 Å². The summed E-state index contributed by atoms with van der Waals surface area (Å²) in [5, 5.41) is 11.2. The van der Waals surface area contributed by atoms with Gasteiger partial charge in [0.05, 0.1) is 17.8 Å². The lowest BCUT2D eigenvalue weighted by molar-refractivity contribution is 0.102. The fourth-order valence-corrected chi connectivity index (χ4v) is 1.33. The second-order valence-corrected chi connectivity index (χ2v) is 3.50. The van der Waals surface area contributed by atoms with E-state index in [9.17, 15) is 9.18 Å². The van der Waals surface area contributed by atoms with Crippen molar-refractivity contribution in [1.29, 1.82) is 5.26 Å². The summed E-state index contributed by atoms with van der Waals surface area (Å²) in [5.41, 5.74) is 0.881. The number of hydrogen-bond acceptors (Lipinski definition) is 3. The third-order valence-electron chi connectivity index (χ3n) is 2.25. The number of rotatable bonds is 2. The van der Waals surface area contributed by atoms with Crippen molar-refractivity contribution in [3.8, 4) is 6.07 Å². The standard InChI is InChI=1S/C13H8FN3O/c14-11-5-6-12(16-8-11)17-13(18)10-3-1-9(7-15)2-4-10/h1-6,8H,(H,16,17,18). The summed E-state index contributed by atoms with van der Waals surface area (Å²) in [6.45, 7) is 0. The molecule has 0 spiro atoms. The smallest absolute Gasteiger partial charge is 0.256 e. The van der Waals surface area contributed by atoms with E-state index in [2.05, 4.69) is 10.3 Å². The van der Waals surface area contributed by atoms with Crippen molar-refractivity contribution in [2.24, 2.45) is 0 Å². The van der Waals surface area contributed by atoms with Gasteiger partial charge < -0.3 is 5.32 Å². The molecule has 1 heterocycles. The van der Waals surface area contributed by atoms with Gasteiger partial charge in [0, 0.05) is 5.56 Å². The number of carbonyl (C=O) groups excluding carboxylic acids is 1. The van der Waals surface area contributed by atoms with E-state index in [-0.39, 0.29) is 11.7 Å². The first-order valence-electron chi connectivity index (χ1n) is 5.12. The number of anilines is 1. The molecule has 1 amide bonds. The Hall–Kier alpha value is -2.74. The number of carbonyl (C=O) groups is 1. The van der Waals surface area contributed by atoms with Crippen LogP contribution in [0.3, 0.4) is 0 Å². The molecule has 0 unspecified atom stereocenters. The molecular weight excluding hydrogens is 233 g/mol. The minimum absolute atomic E-state index is 0.269. The van der Waals surface area contributed by atoms with Crippen LogP contribution in [0, 0.1) is 17.1 Å². The number of pyridine rings is 1. The van der Waals surface area contributed by atoms with Crippen molar-refractivity contribution in [2.75, 3.05) is 5.32 Å². The molecule has 0 atom stereocenters. The van der Waals surface area contributed by atoms with Gasteiger partial charge in [-0.3, -0.25) is 4.79 Å². The zero-order valence-corrected chi connectivity index (χ0v) is 9.22. The summed E-state index contributed by atoms with van der Waals surface area (Å²) < 4.78 is 12.6. The van der Waals surface area contributed by atoms with Gasteiger partial charge >= 0.3 is 0 Å². The molecule has 88 valence electrons. The van der Waals surface area contributed by atoms with E-state index in [0.717, 1.165) is 6.20 Å². The van der Waals surface area contributed by atoms with E-state index < -0.39 is 5.82 Å². The van der Waals surface area contributed by atoms with Gasteiger partial charge in [-0.05, 0) is 36.4 Å². The van der Waals surface area contributed by atoms with Crippen LogP contribution in [0.2, 0.25) is 0 Å². The van der Waals surface area contributed by atoms with Gasteiger partial charge in [0.1, 0.15) is 11.6 Å². The van der Waals surface area contributed by atoms with E-state index in [1.807, 2.05) is 6.07 Å². The third-order valence-corrected chi connectivity index (χ3v) is 2.25. The van der Waals surface area contributed by atoms with Crippen molar-refractivity contribution in [2.45, 2.75) is 0 Å². The molecule has 0 bridgehead atoms. The Bertz CT molecular complexity index is 600. The van der Waals surface area contributed by atoms with Crippen molar-refractivity contribution in [3.63, 3.8) is 0 Å². The summed E-state index contributed by atoms with van der Waals surface area (Å²) in [5.74, 6) is -0.560. The maximum absolute atomic E-state index is 12.6. The average Bonchev–Trinajstić information content (AvgIpc) is 2.41. The minimum Gasteiger partial charge on any atom is -0.307 e. The molecule has 1 N–H and O–H groups in total. The number of nitrogens with zero attached hydrogens (tertiary/aromatic N) is 2. The molecule has 0 aliphatic carbocycles. The van der Waals surface area contributed by atoms with Gasteiger partial charge in [-0.2, -0.15) is 5.26 Å². The quantitative estimate of drug-likeness (QED) is 0.877. The highest BCUT2D eigenvalue weighted by atomic mass is 19.1. The lowest BCUT2D eigenvalue weighted by Crippen LogP contribution is -2.12. The SMILES string of the molecule is N#Cc1ccc(C(=O)Nc2ccc(F)cn2)cc1. The Morgan fingerprint density at radius 2 is 1.94 bits per heavy atom. The highest BCUT2D eigenvalue weighted by Crippen LogP contribution is 2.08. The molecule has 5 heteroatoms. The number of halogens is 1. The number of nitrogens with one attached hydrogen (secondary N) is 1. The summed E-state index contributed by atoms with van der Waals surface area (Å²) in [7, 11) is 0. The molecule has 2 rings (SSSR count). The average molecular weight is 241 g/mol.